The Kier molecular flexibility index (Phi) is 8.54. The number of anilines is 1. The van der Waals surface area contributed by atoms with Gasteiger partial charge in [-0.25, -0.2) is 9.37 Å². The summed E-state index contributed by atoms with van der Waals surface area (Å²) in [7, 11) is 1.68. The fourth-order valence-corrected chi connectivity index (χ4v) is 6.43. The number of aryl methyl sites for hydroxylation is 1. The fraction of sp³-hybridized carbons (Fsp3) is 0.382. The second-order valence-electron chi connectivity index (χ2n) is 11.7. The third-order valence-corrected chi connectivity index (χ3v) is 8.58. The third-order valence-electron chi connectivity index (χ3n) is 8.58. The number of amides is 2. The summed E-state index contributed by atoms with van der Waals surface area (Å²) < 4.78 is 22.0. The van der Waals surface area contributed by atoms with Gasteiger partial charge in [-0.3, -0.25) is 9.59 Å². The summed E-state index contributed by atoms with van der Waals surface area (Å²) in [5.41, 5.74) is 12.8. The van der Waals surface area contributed by atoms with Gasteiger partial charge in [-0.1, -0.05) is 36.4 Å². The number of rotatable bonds is 10. The highest BCUT2D eigenvalue weighted by Crippen LogP contribution is 2.32. The number of nitrogens with one attached hydrogen (secondary N) is 1. The largest absolute Gasteiger partial charge is 0.385 e. The molecular formula is C34H38FN5O3. The molecule has 1 saturated heterocycles. The molecule has 0 saturated carbocycles. The van der Waals surface area contributed by atoms with Crippen LogP contribution in [0.2, 0.25) is 0 Å². The summed E-state index contributed by atoms with van der Waals surface area (Å²) in [5, 5.41) is 2.87. The Balaban J connectivity index is 1.08. The van der Waals surface area contributed by atoms with Crippen molar-refractivity contribution in [3.05, 3.63) is 83.4 Å². The van der Waals surface area contributed by atoms with Crippen LogP contribution >= 0.6 is 0 Å². The van der Waals surface area contributed by atoms with Crippen molar-refractivity contribution in [2.75, 3.05) is 32.1 Å². The van der Waals surface area contributed by atoms with Crippen molar-refractivity contribution in [3.8, 4) is 11.1 Å². The number of nitrogens with two attached hydrogens (primary N) is 1. The van der Waals surface area contributed by atoms with E-state index in [1.807, 2.05) is 23.1 Å². The summed E-state index contributed by atoms with van der Waals surface area (Å²) in [6, 6.07) is 19.0. The number of piperidine rings is 1. The van der Waals surface area contributed by atoms with Gasteiger partial charge in [0.25, 0.3) is 0 Å². The van der Waals surface area contributed by atoms with Gasteiger partial charge in [0.2, 0.25) is 11.8 Å². The number of para-hydroxylation sites is 1. The van der Waals surface area contributed by atoms with Gasteiger partial charge in [0, 0.05) is 57.4 Å². The molecule has 2 aliphatic rings. The molecule has 9 heteroatoms. The molecular weight excluding hydrogens is 545 g/mol. The number of carbonyl (C=O) groups is 2. The Labute approximate surface area is 251 Å². The average molecular weight is 584 g/mol. The SMILES string of the molecule is COCCCn1c(C2CCCN(C(=O)CC(N)Cc3ccc(-c4ccc5c(c4)CC(=O)N5)cc3)C2)nc2c(F)cccc21. The topological polar surface area (TPSA) is 102 Å². The highest BCUT2D eigenvalue weighted by molar-refractivity contribution is 5.99. The van der Waals surface area contributed by atoms with Crippen molar-refractivity contribution >= 4 is 28.5 Å². The van der Waals surface area contributed by atoms with E-state index in [2.05, 4.69) is 40.2 Å². The highest BCUT2D eigenvalue weighted by Gasteiger charge is 2.30. The number of carbonyl (C=O) groups excluding carboxylic acids is 2. The number of imidazole rings is 1. The first-order valence-corrected chi connectivity index (χ1v) is 15.1. The van der Waals surface area contributed by atoms with Crippen LogP contribution < -0.4 is 11.1 Å². The second-order valence-corrected chi connectivity index (χ2v) is 11.7. The fourth-order valence-electron chi connectivity index (χ4n) is 6.43. The maximum atomic E-state index is 14.6. The maximum absolute atomic E-state index is 14.6. The van der Waals surface area contributed by atoms with Crippen molar-refractivity contribution < 1.29 is 18.7 Å². The zero-order valence-electron chi connectivity index (χ0n) is 24.5. The molecule has 0 radical (unpaired) electrons. The summed E-state index contributed by atoms with van der Waals surface area (Å²) in [6.07, 6.45) is 3.83. The van der Waals surface area contributed by atoms with Gasteiger partial charge in [0.1, 0.15) is 11.3 Å². The minimum atomic E-state index is -0.326. The normalized spacial score (nSPS) is 17.2. The molecule has 4 aromatic rings. The Bertz CT molecular complexity index is 1630. The predicted molar refractivity (Wildman–Crippen MR) is 165 cm³/mol. The van der Waals surface area contributed by atoms with Crippen LogP contribution in [0.5, 0.6) is 0 Å². The van der Waals surface area contributed by atoms with Crippen LogP contribution in [0.4, 0.5) is 10.1 Å². The van der Waals surface area contributed by atoms with E-state index in [0.29, 0.717) is 44.6 Å². The Morgan fingerprint density at radius 1 is 1.16 bits per heavy atom. The molecule has 2 unspecified atom stereocenters. The molecule has 0 aliphatic carbocycles. The number of nitrogens with zero attached hydrogens (tertiary/aromatic N) is 3. The van der Waals surface area contributed by atoms with E-state index in [1.54, 1.807) is 13.2 Å². The number of hydrogen-bond acceptors (Lipinski definition) is 5. The minimum absolute atomic E-state index is 0.0271. The highest BCUT2D eigenvalue weighted by atomic mass is 19.1. The van der Waals surface area contributed by atoms with Crippen LogP contribution in [0, 0.1) is 5.82 Å². The lowest BCUT2D eigenvalue weighted by Gasteiger charge is -2.33. The van der Waals surface area contributed by atoms with Gasteiger partial charge < -0.3 is 25.3 Å². The van der Waals surface area contributed by atoms with Crippen molar-refractivity contribution in [1.29, 1.82) is 0 Å². The summed E-state index contributed by atoms with van der Waals surface area (Å²) in [4.78, 5) is 31.7. The monoisotopic (exact) mass is 583 g/mol. The number of aromatic nitrogens is 2. The number of fused-ring (bicyclic) bond motifs is 2. The van der Waals surface area contributed by atoms with Crippen molar-refractivity contribution in [3.63, 3.8) is 0 Å². The van der Waals surface area contributed by atoms with Crippen LogP contribution in [-0.2, 0) is 33.7 Å². The molecule has 3 N–H and O–H groups in total. The second kappa shape index (κ2) is 12.7. The van der Waals surface area contributed by atoms with Gasteiger partial charge in [-0.2, -0.15) is 0 Å². The molecule has 2 aliphatic heterocycles. The molecule has 0 spiro atoms. The van der Waals surface area contributed by atoms with E-state index >= 15 is 0 Å². The van der Waals surface area contributed by atoms with Gasteiger partial charge in [-0.15, -0.1) is 0 Å². The van der Waals surface area contributed by atoms with Crippen LogP contribution in [0.3, 0.4) is 0 Å². The van der Waals surface area contributed by atoms with Crippen LogP contribution in [0.25, 0.3) is 22.2 Å². The Hall–Kier alpha value is -4.08. The van der Waals surface area contributed by atoms with Gasteiger partial charge in [-0.05, 0) is 72.2 Å². The molecule has 2 atom stereocenters. The molecule has 43 heavy (non-hydrogen) atoms. The lowest BCUT2D eigenvalue weighted by molar-refractivity contribution is -0.132. The summed E-state index contributed by atoms with van der Waals surface area (Å²) in [6.45, 7) is 2.53. The van der Waals surface area contributed by atoms with Crippen molar-refractivity contribution in [2.24, 2.45) is 5.73 Å². The number of halogens is 1. The van der Waals surface area contributed by atoms with E-state index in [0.717, 1.165) is 58.5 Å². The molecule has 1 fully saturated rings. The molecule has 6 rings (SSSR count). The molecule has 224 valence electrons. The first-order valence-electron chi connectivity index (χ1n) is 15.1. The molecule has 2 amide bonds. The number of methoxy groups -OCH3 is 1. The van der Waals surface area contributed by atoms with E-state index in [-0.39, 0.29) is 36.0 Å². The zero-order valence-corrected chi connectivity index (χ0v) is 24.5. The Morgan fingerprint density at radius 3 is 2.79 bits per heavy atom. The van der Waals surface area contributed by atoms with Crippen LogP contribution in [-0.4, -0.2) is 59.1 Å². The van der Waals surface area contributed by atoms with Gasteiger partial charge in [0.15, 0.2) is 5.82 Å². The Morgan fingerprint density at radius 2 is 1.98 bits per heavy atom. The van der Waals surface area contributed by atoms with E-state index in [1.165, 1.54) is 6.07 Å². The average Bonchev–Trinajstić information content (AvgIpc) is 3.57. The molecule has 8 nitrogen and oxygen atoms in total. The molecule has 0 bridgehead atoms. The van der Waals surface area contributed by atoms with Crippen molar-refractivity contribution in [2.45, 2.75) is 57.0 Å². The summed E-state index contributed by atoms with van der Waals surface area (Å²) in [5.74, 6) is 0.615. The minimum Gasteiger partial charge on any atom is -0.385 e. The molecule has 3 aromatic carbocycles. The molecule has 3 heterocycles. The quantitative estimate of drug-likeness (QED) is 0.255. The first kappa shape index (κ1) is 29.0. The maximum Gasteiger partial charge on any atom is 0.228 e. The standard InChI is InChI=1S/C34H38FN5O3/c1-43-16-4-15-40-30-7-2-6-28(35)33(30)38-34(40)25-5-3-14-39(21-25)32(42)20-27(36)17-22-8-10-23(11-9-22)24-12-13-29-26(18-24)19-31(41)37-29/h2,6-13,18,25,27H,3-5,14-17,19-21,36H2,1H3,(H,37,41). The first-order chi connectivity index (χ1) is 20.9. The van der Waals surface area contributed by atoms with Crippen molar-refractivity contribution in [1.82, 2.24) is 14.5 Å². The number of benzene rings is 3. The lowest BCUT2D eigenvalue weighted by Crippen LogP contribution is -2.42. The van der Waals surface area contributed by atoms with E-state index < -0.39 is 0 Å². The number of likely N-dealkylation sites (tertiary alicyclic amines) is 1. The summed E-state index contributed by atoms with van der Waals surface area (Å²) >= 11 is 0. The van der Waals surface area contributed by atoms with Gasteiger partial charge >= 0.3 is 0 Å². The lowest BCUT2D eigenvalue weighted by atomic mass is 9.95. The smallest absolute Gasteiger partial charge is 0.228 e. The van der Waals surface area contributed by atoms with Crippen LogP contribution in [0.1, 0.15) is 48.6 Å². The predicted octanol–water partition coefficient (Wildman–Crippen LogP) is 5.04. The molecule has 1 aromatic heterocycles. The van der Waals surface area contributed by atoms with Crippen LogP contribution in [0.15, 0.2) is 60.7 Å². The third kappa shape index (κ3) is 6.33. The number of ether oxygens (including phenoxy) is 1. The van der Waals surface area contributed by atoms with E-state index in [4.69, 9.17) is 15.5 Å². The number of hydrogen-bond donors (Lipinski definition) is 2. The van der Waals surface area contributed by atoms with Gasteiger partial charge in [0.05, 0.1) is 11.9 Å². The zero-order chi connectivity index (χ0) is 29.9. The van der Waals surface area contributed by atoms with E-state index in [9.17, 15) is 14.0 Å².